The van der Waals surface area contributed by atoms with Crippen molar-refractivity contribution in [3.8, 4) is 0 Å². The summed E-state index contributed by atoms with van der Waals surface area (Å²) >= 11 is 0. The molecule has 22 heavy (non-hydrogen) atoms. The van der Waals surface area contributed by atoms with E-state index in [9.17, 15) is 4.79 Å². The molecule has 0 unspecified atom stereocenters. The fraction of sp³-hybridized carbons (Fsp3) is 0.375. The number of carbonyl (C=O) groups excluding carboxylic acids is 1. The third-order valence-electron chi connectivity index (χ3n) is 4.05. The standard InChI is InChI=1S/C16H19N5O/c1-9-6-7-11(8-10(9)2)18-16-20-14(19-15(17)21-16)12-4-3-5-13(12)22/h6-8,12H,3-5H2,1-2H3,(H3,17,18,19,20,21)/t12-/m1/s1. The lowest BCUT2D eigenvalue weighted by molar-refractivity contribution is -0.118. The number of carbonyl (C=O) groups is 1. The molecule has 0 spiro atoms. The van der Waals surface area contributed by atoms with Gasteiger partial charge in [-0.15, -0.1) is 0 Å². The number of benzene rings is 1. The van der Waals surface area contributed by atoms with Gasteiger partial charge < -0.3 is 11.1 Å². The highest BCUT2D eigenvalue weighted by atomic mass is 16.1. The maximum atomic E-state index is 11.9. The molecule has 1 atom stereocenters. The van der Waals surface area contributed by atoms with Crippen molar-refractivity contribution in [2.24, 2.45) is 0 Å². The number of hydrogen-bond donors (Lipinski definition) is 2. The first kappa shape index (κ1) is 14.4. The summed E-state index contributed by atoms with van der Waals surface area (Å²) in [5, 5.41) is 3.14. The molecule has 0 saturated heterocycles. The van der Waals surface area contributed by atoms with E-state index in [1.165, 1.54) is 11.1 Å². The molecule has 1 heterocycles. The van der Waals surface area contributed by atoms with Crippen LogP contribution in [0.15, 0.2) is 18.2 Å². The highest BCUT2D eigenvalue weighted by Gasteiger charge is 2.29. The van der Waals surface area contributed by atoms with Gasteiger partial charge in [0.05, 0.1) is 5.92 Å². The first-order chi connectivity index (χ1) is 10.5. The third kappa shape index (κ3) is 2.90. The molecule has 1 saturated carbocycles. The summed E-state index contributed by atoms with van der Waals surface area (Å²) < 4.78 is 0. The summed E-state index contributed by atoms with van der Waals surface area (Å²) in [4.78, 5) is 24.5. The molecule has 0 radical (unpaired) electrons. The van der Waals surface area contributed by atoms with Crippen molar-refractivity contribution < 1.29 is 4.79 Å². The number of aryl methyl sites for hydroxylation is 2. The van der Waals surface area contributed by atoms with Crippen LogP contribution in [0.25, 0.3) is 0 Å². The van der Waals surface area contributed by atoms with Crippen LogP contribution >= 0.6 is 0 Å². The van der Waals surface area contributed by atoms with Crippen LogP contribution in [-0.4, -0.2) is 20.7 Å². The van der Waals surface area contributed by atoms with Crippen molar-refractivity contribution in [3.05, 3.63) is 35.2 Å². The number of nitrogens with zero attached hydrogens (tertiary/aromatic N) is 3. The summed E-state index contributed by atoms with van der Waals surface area (Å²) in [6.45, 7) is 4.11. The molecule has 0 aliphatic heterocycles. The van der Waals surface area contributed by atoms with Crippen molar-refractivity contribution in [1.29, 1.82) is 0 Å². The molecular weight excluding hydrogens is 278 g/mol. The molecule has 1 aliphatic carbocycles. The van der Waals surface area contributed by atoms with E-state index in [2.05, 4.69) is 27.2 Å². The molecular formula is C16H19N5O. The first-order valence-electron chi connectivity index (χ1n) is 7.41. The summed E-state index contributed by atoms with van der Waals surface area (Å²) in [6, 6.07) is 6.02. The number of rotatable bonds is 3. The molecule has 3 N–H and O–H groups in total. The maximum absolute atomic E-state index is 11.9. The topological polar surface area (TPSA) is 93.8 Å². The second-order valence-electron chi connectivity index (χ2n) is 5.71. The minimum absolute atomic E-state index is 0.135. The summed E-state index contributed by atoms with van der Waals surface area (Å²) in [5.41, 5.74) is 9.05. The molecule has 2 aromatic rings. The van der Waals surface area contributed by atoms with Crippen LogP contribution in [-0.2, 0) is 4.79 Å². The smallest absolute Gasteiger partial charge is 0.232 e. The zero-order chi connectivity index (χ0) is 15.7. The minimum atomic E-state index is -0.245. The van der Waals surface area contributed by atoms with Gasteiger partial charge in [0.25, 0.3) is 0 Å². The Morgan fingerprint density at radius 2 is 2.00 bits per heavy atom. The second-order valence-corrected chi connectivity index (χ2v) is 5.71. The van der Waals surface area contributed by atoms with E-state index in [1.807, 2.05) is 25.1 Å². The van der Waals surface area contributed by atoms with Gasteiger partial charge in [-0.3, -0.25) is 4.79 Å². The molecule has 1 aromatic carbocycles. The van der Waals surface area contributed by atoms with Crippen molar-refractivity contribution in [1.82, 2.24) is 15.0 Å². The third-order valence-corrected chi connectivity index (χ3v) is 4.05. The van der Waals surface area contributed by atoms with Gasteiger partial charge >= 0.3 is 0 Å². The zero-order valence-corrected chi connectivity index (χ0v) is 12.8. The van der Waals surface area contributed by atoms with Crippen LogP contribution in [0.1, 0.15) is 42.1 Å². The highest BCUT2D eigenvalue weighted by molar-refractivity contribution is 5.86. The van der Waals surface area contributed by atoms with Gasteiger partial charge in [0.2, 0.25) is 11.9 Å². The lowest BCUT2D eigenvalue weighted by atomic mass is 10.1. The summed E-state index contributed by atoms with van der Waals surface area (Å²) in [7, 11) is 0. The number of nitrogens with two attached hydrogens (primary N) is 1. The molecule has 6 heteroatoms. The van der Waals surface area contributed by atoms with Gasteiger partial charge in [-0.2, -0.15) is 15.0 Å². The van der Waals surface area contributed by atoms with Crippen LogP contribution in [0.5, 0.6) is 0 Å². The van der Waals surface area contributed by atoms with Crippen LogP contribution in [0, 0.1) is 13.8 Å². The van der Waals surface area contributed by atoms with Gasteiger partial charge in [-0.1, -0.05) is 6.07 Å². The van der Waals surface area contributed by atoms with E-state index in [0.717, 1.165) is 18.5 Å². The van der Waals surface area contributed by atoms with Gasteiger partial charge in [0, 0.05) is 12.1 Å². The van der Waals surface area contributed by atoms with Crippen LogP contribution in [0.4, 0.5) is 17.6 Å². The van der Waals surface area contributed by atoms with Crippen LogP contribution in [0.2, 0.25) is 0 Å². The predicted molar refractivity (Wildman–Crippen MR) is 85.0 cm³/mol. The van der Waals surface area contributed by atoms with Crippen molar-refractivity contribution in [2.45, 2.75) is 39.0 Å². The van der Waals surface area contributed by atoms with Crippen molar-refractivity contribution in [3.63, 3.8) is 0 Å². The maximum Gasteiger partial charge on any atom is 0.232 e. The van der Waals surface area contributed by atoms with Gasteiger partial charge in [-0.25, -0.2) is 0 Å². The number of nitrogen functional groups attached to an aromatic ring is 1. The second kappa shape index (κ2) is 5.71. The van der Waals surface area contributed by atoms with Crippen LogP contribution in [0.3, 0.4) is 0 Å². The van der Waals surface area contributed by atoms with Crippen molar-refractivity contribution in [2.75, 3.05) is 11.1 Å². The number of hydrogen-bond acceptors (Lipinski definition) is 6. The SMILES string of the molecule is Cc1ccc(Nc2nc(N)nc([C@@H]3CCCC3=O)n2)cc1C. The lowest BCUT2D eigenvalue weighted by Gasteiger charge is -2.11. The number of Topliss-reactive ketones (excluding diaryl/α,β-unsaturated/α-hetero) is 1. The molecule has 3 rings (SSSR count). The Balaban J connectivity index is 1.89. The average molecular weight is 297 g/mol. The monoisotopic (exact) mass is 297 g/mol. The van der Waals surface area contributed by atoms with E-state index in [4.69, 9.17) is 5.73 Å². The first-order valence-corrected chi connectivity index (χ1v) is 7.41. The van der Waals surface area contributed by atoms with E-state index in [-0.39, 0.29) is 17.6 Å². The Kier molecular flexibility index (Phi) is 3.75. The Hall–Kier alpha value is -2.50. The molecule has 1 aromatic heterocycles. The fourth-order valence-corrected chi connectivity index (χ4v) is 2.66. The highest BCUT2D eigenvalue weighted by Crippen LogP contribution is 2.30. The van der Waals surface area contributed by atoms with E-state index in [0.29, 0.717) is 18.2 Å². The Labute approximate surface area is 129 Å². The van der Waals surface area contributed by atoms with Gasteiger partial charge in [-0.05, 0) is 49.9 Å². The largest absolute Gasteiger partial charge is 0.368 e. The molecule has 0 amide bonds. The van der Waals surface area contributed by atoms with Crippen LogP contribution < -0.4 is 11.1 Å². The minimum Gasteiger partial charge on any atom is -0.368 e. The van der Waals surface area contributed by atoms with E-state index < -0.39 is 0 Å². The van der Waals surface area contributed by atoms with Gasteiger partial charge in [0.15, 0.2) is 0 Å². The molecule has 114 valence electrons. The number of ketones is 1. The zero-order valence-electron chi connectivity index (χ0n) is 12.8. The lowest BCUT2D eigenvalue weighted by Crippen LogP contribution is -2.13. The number of aromatic nitrogens is 3. The molecule has 0 bridgehead atoms. The van der Waals surface area contributed by atoms with E-state index in [1.54, 1.807) is 0 Å². The summed E-state index contributed by atoms with van der Waals surface area (Å²) in [5.74, 6) is 0.927. The molecule has 1 fully saturated rings. The molecule has 1 aliphatic rings. The Bertz CT molecular complexity index is 728. The van der Waals surface area contributed by atoms with E-state index >= 15 is 0 Å². The Morgan fingerprint density at radius 1 is 1.18 bits per heavy atom. The number of anilines is 3. The quantitative estimate of drug-likeness (QED) is 0.904. The normalized spacial score (nSPS) is 17.7. The fourth-order valence-electron chi connectivity index (χ4n) is 2.66. The van der Waals surface area contributed by atoms with Gasteiger partial charge in [0.1, 0.15) is 11.6 Å². The number of nitrogens with one attached hydrogen (secondary N) is 1. The molecule has 6 nitrogen and oxygen atoms in total. The average Bonchev–Trinajstić information content (AvgIpc) is 2.88. The predicted octanol–water partition coefficient (Wildman–Crippen LogP) is 2.65. The van der Waals surface area contributed by atoms with Crippen molar-refractivity contribution >= 4 is 23.4 Å². The summed E-state index contributed by atoms with van der Waals surface area (Å²) in [6.07, 6.45) is 2.26. The Morgan fingerprint density at radius 3 is 2.68 bits per heavy atom.